The van der Waals surface area contributed by atoms with E-state index in [0.717, 1.165) is 17.2 Å². The normalized spacial score (nSPS) is 21.5. The van der Waals surface area contributed by atoms with Gasteiger partial charge in [0.15, 0.2) is 15.0 Å². The molecule has 1 fully saturated rings. The highest BCUT2D eigenvalue weighted by atomic mass is 32.2. The molecule has 0 saturated carbocycles. The van der Waals surface area contributed by atoms with Gasteiger partial charge in [0.05, 0.1) is 0 Å². The number of nitrogen functional groups attached to an aromatic ring is 1. The third kappa shape index (κ3) is 3.60. The largest absolute Gasteiger partial charge is 0.300 e. The van der Waals surface area contributed by atoms with Crippen LogP contribution in [0.5, 0.6) is 0 Å². The first-order valence-corrected chi connectivity index (χ1v) is 9.70. The van der Waals surface area contributed by atoms with Crippen LogP contribution in [-0.2, 0) is 16.4 Å². The lowest BCUT2D eigenvalue weighted by atomic mass is 10.4. The smallest absolute Gasteiger partial charge is 0.197 e. The van der Waals surface area contributed by atoms with Crippen LogP contribution in [0.1, 0.15) is 11.8 Å². The standard InChI is InChI=1S/C10H18N4O2S3/c1-2-19(15,16)9-7-17-4-3-14(9)6-8-5-12-10(13-11)18-8/h5,9H,2-4,6-7,11H2,1H3,(H,12,13). The molecule has 0 aliphatic carbocycles. The molecule has 1 aromatic rings. The minimum absolute atomic E-state index is 0.188. The van der Waals surface area contributed by atoms with Crippen LogP contribution in [0.15, 0.2) is 6.20 Å². The fraction of sp³-hybridized carbons (Fsp3) is 0.700. The summed E-state index contributed by atoms with van der Waals surface area (Å²) >= 11 is 3.16. The maximum atomic E-state index is 12.1. The summed E-state index contributed by atoms with van der Waals surface area (Å²) in [6.07, 6.45) is 1.75. The monoisotopic (exact) mass is 322 g/mol. The van der Waals surface area contributed by atoms with Gasteiger partial charge in [-0.3, -0.25) is 10.3 Å². The third-order valence-corrected chi connectivity index (χ3v) is 7.29. The molecule has 108 valence electrons. The number of hydrazine groups is 1. The summed E-state index contributed by atoms with van der Waals surface area (Å²) in [7, 11) is -3.04. The molecule has 1 atom stereocenters. The first-order valence-electron chi connectivity index (χ1n) is 6.01. The van der Waals surface area contributed by atoms with E-state index < -0.39 is 9.84 Å². The Morgan fingerprint density at radius 3 is 3.05 bits per heavy atom. The van der Waals surface area contributed by atoms with Crippen molar-refractivity contribution in [1.29, 1.82) is 0 Å². The number of hydrogen-bond donors (Lipinski definition) is 2. The third-order valence-electron chi connectivity index (χ3n) is 3.04. The Bertz CT molecular complexity index is 517. The van der Waals surface area contributed by atoms with Gasteiger partial charge in [0.1, 0.15) is 5.37 Å². The first kappa shape index (κ1) is 15.0. The van der Waals surface area contributed by atoms with E-state index in [0.29, 0.717) is 17.4 Å². The van der Waals surface area contributed by atoms with Gasteiger partial charge in [-0.05, 0) is 0 Å². The van der Waals surface area contributed by atoms with Crippen molar-refractivity contribution in [3.8, 4) is 0 Å². The zero-order valence-electron chi connectivity index (χ0n) is 10.7. The summed E-state index contributed by atoms with van der Waals surface area (Å²) in [5.74, 6) is 7.11. The van der Waals surface area contributed by atoms with Crippen LogP contribution in [0.25, 0.3) is 0 Å². The highest BCUT2D eigenvalue weighted by molar-refractivity contribution is 8.01. The van der Waals surface area contributed by atoms with Crippen LogP contribution in [-0.4, -0.2) is 47.5 Å². The van der Waals surface area contributed by atoms with E-state index >= 15 is 0 Å². The Balaban J connectivity index is 2.11. The van der Waals surface area contributed by atoms with Crippen LogP contribution in [0.4, 0.5) is 5.13 Å². The van der Waals surface area contributed by atoms with Crippen LogP contribution < -0.4 is 11.3 Å². The van der Waals surface area contributed by atoms with Gasteiger partial charge in [0.25, 0.3) is 0 Å². The molecular formula is C10H18N4O2S3. The molecule has 0 aromatic carbocycles. The Morgan fingerprint density at radius 1 is 1.63 bits per heavy atom. The van der Waals surface area contributed by atoms with Gasteiger partial charge in [0, 0.05) is 41.4 Å². The second kappa shape index (κ2) is 6.40. The second-order valence-electron chi connectivity index (χ2n) is 4.23. The lowest BCUT2D eigenvalue weighted by Crippen LogP contribution is -2.47. The summed E-state index contributed by atoms with van der Waals surface area (Å²) in [6.45, 7) is 3.11. The zero-order chi connectivity index (χ0) is 13.9. The summed E-state index contributed by atoms with van der Waals surface area (Å²) in [5, 5.41) is 0.268. The molecule has 1 aliphatic heterocycles. The first-order chi connectivity index (χ1) is 9.06. The molecular weight excluding hydrogens is 304 g/mol. The second-order valence-corrected chi connectivity index (χ2v) is 8.94. The van der Waals surface area contributed by atoms with Crippen molar-refractivity contribution in [2.75, 3.05) is 29.2 Å². The van der Waals surface area contributed by atoms with Crippen LogP contribution in [0, 0.1) is 0 Å². The molecule has 0 spiro atoms. The van der Waals surface area contributed by atoms with Crippen molar-refractivity contribution >= 4 is 38.1 Å². The SMILES string of the molecule is CCS(=O)(=O)C1CSCCN1Cc1cnc(NN)s1. The lowest BCUT2D eigenvalue weighted by Gasteiger charge is -2.34. The van der Waals surface area contributed by atoms with Crippen LogP contribution in [0.3, 0.4) is 0 Å². The number of thioether (sulfide) groups is 1. The van der Waals surface area contributed by atoms with Crippen molar-refractivity contribution < 1.29 is 8.42 Å². The molecule has 1 saturated heterocycles. The predicted octanol–water partition coefficient (Wildman–Crippen LogP) is 0.738. The molecule has 9 heteroatoms. The lowest BCUT2D eigenvalue weighted by molar-refractivity contribution is 0.264. The summed E-state index contributed by atoms with van der Waals surface area (Å²) in [5.41, 5.74) is 2.50. The van der Waals surface area contributed by atoms with E-state index in [2.05, 4.69) is 10.4 Å². The van der Waals surface area contributed by atoms with Crippen molar-refractivity contribution in [3.05, 3.63) is 11.1 Å². The molecule has 6 nitrogen and oxygen atoms in total. The van der Waals surface area contributed by atoms with Crippen molar-refractivity contribution in [2.45, 2.75) is 18.8 Å². The molecule has 19 heavy (non-hydrogen) atoms. The van der Waals surface area contributed by atoms with E-state index in [-0.39, 0.29) is 11.1 Å². The number of anilines is 1. The molecule has 1 aromatic heterocycles. The molecule has 0 radical (unpaired) electrons. The molecule has 0 amide bonds. The minimum atomic E-state index is -3.04. The van der Waals surface area contributed by atoms with Crippen molar-refractivity contribution in [2.24, 2.45) is 5.84 Å². The maximum Gasteiger partial charge on any atom is 0.197 e. The van der Waals surface area contributed by atoms with Crippen LogP contribution >= 0.6 is 23.1 Å². The fourth-order valence-corrected chi connectivity index (χ4v) is 5.80. The summed E-state index contributed by atoms with van der Waals surface area (Å²) < 4.78 is 24.2. The number of thiazole rings is 1. The van der Waals surface area contributed by atoms with E-state index in [1.165, 1.54) is 11.3 Å². The number of hydrogen-bond acceptors (Lipinski definition) is 8. The number of nitrogens with zero attached hydrogens (tertiary/aromatic N) is 2. The highest BCUT2D eigenvalue weighted by Crippen LogP contribution is 2.26. The van der Waals surface area contributed by atoms with Gasteiger partial charge < -0.3 is 0 Å². The molecule has 2 heterocycles. The van der Waals surface area contributed by atoms with E-state index in [4.69, 9.17) is 5.84 Å². The van der Waals surface area contributed by atoms with Gasteiger partial charge in [-0.1, -0.05) is 18.3 Å². The Kier molecular flexibility index (Phi) is 5.07. The van der Waals surface area contributed by atoms with E-state index in [9.17, 15) is 8.42 Å². The quantitative estimate of drug-likeness (QED) is 0.610. The average Bonchev–Trinajstić information content (AvgIpc) is 2.87. The Morgan fingerprint density at radius 2 is 2.42 bits per heavy atom. The van der Waals surface area contributed by atoms with Gasteiger partial charge in [-0.15, -0.1) is 0 Å². The van der Waals surface area contributed by atoms with E-state index in [1.54, 1.807) is 24.9 Å². The number of rotatable bonds is 5. The van der Waals surface area contributed by atoms with Gasteiger partial charge in [-0.2, -0.15) is 11.8 Å². The number of nitrogens with two attached hydrogens (primary N) is 1. The number of sulfone groups is 1. The molecule has 3 N–H and O–H groups in total. The highest BCUT2D eigenvalue weighted by Gasteiger charge is 2.32. The minimum Gasteiger partial charge on any atom is -0.300 e. The Hall–Kier alpha value is -0.350. The molecule has 1 aliphatic rings. The number of nitrogens with one attached hydrogen (secondary N) is 1. The fourth-order valence-electron chi connectivity index (χ4n) is 1.97. The molecule has 1 unspecified atom stereocenters. The molecule has 0 bridgehead atoms. The van der Waals surface area contributed by atoms with E-state index in [1.807, 2.05) is 4.90 Å². The van der Waals surface area contributed by atoms with Gasteiger partial charge >= 0.3 is 0 Å². The van der Waals surface area contributed by atoms with Crippen molar-refractivity contribution in [3.63, 3.8) is 0 Å². The van der Waals surface area contributed by atoms with Gasteiger partial charge in [0.2, 0.25) is 0 Å². The topological polar surface area (TPSA) is 88.3 Å². The maximum absolute atomic E-state index is 12.1. The zero-order valence-corrected chi connectivity index (χ0v) is 13.2. The predicted molar refractivity (Wildman–Crippen MR) is 80.9 cm³/mol. The van der Waals surface area contributed by atoms with Gasteiger partial charge in [-0.25, -0.2) is 19.2 Å². The number of aromatic nitrogens is 1. The van der Waals surface area contributed by atoms with Crippen LogP contribution in [0.2, 0.25) is 0 Å². The summed E-state index contributed by atoms with van der Waals surface area (Å²) in [4.78, 5) is 7.16. The molecule has 2 rings (SSSR count). The Labute approximate surface area is 121 Å². The van der Waals surface area contributed by atoms with Crippen molar-refractivity contribution in [1.82, 2.24) is 9.88 Å². The summed E-state index contributed by atoms with van der Waals surface area (Å²) in [6, 6.07) is 0. The average molecular weight is 322 g/mol.